The minimum absolute atomic E-state index is 0.0883. The van der Waals surface area contributed by atoms with Gasteiger partial charge in [0.1, 0.15) is 5.15 Å². The first kappa shape index (κ1) is 13.9. The molecule has 2 amide bonds. The number of nitrogens with one attached hydrogen (secondary N) is 1. The van der Waals surface area contributed by atoms with Gasteiger partial charge >= 0.3 is 6.03 Å². The molecule has 1 aromatic heterocycles. The molecule has 0 radical (unpaired) electrons. The number of amides is 2. The molecule has 5 nitrogen and oxygen atoms in total. The Kier molecular flexibility index (Phi) is 4.47. The zero-order valence-electron chi connectivity index (χ0n) is 11.3. The average Bonchev–Trinajstić information content (AvgIpc) is 2.39. The predicted octanol–water partition coefficient (Wildman–Crippen LogP) is 2.29. The van der Waals surface area contributed by atoms with E-state index in [1.165, 1.54) is 0 Å². The van der Waals surface area contributed by atoms with Crippen LogP contribution in [0.15, 0.2) is 18.3 Å². The number of piperidine rings is 1. The van der Waals surface area contributed by atoms with Crippen LogP contribution in [-0.4, -0.2) is 54.0 Å². The second-order valence-corrected chi connectivity index (χ2v) is 5.34. The van der Waals surface area contributed by atoms with Crippen LogP contribution >= 0.6 is 11.6 Å². The van der Waals surface area contributed by atoms with Crippen LogP contribution in [0.25, 0.3) is 0 Å². The topological polar surface area (TPSA) is 48.5 Å². The minimum atomic E-state index is 0.0883. The van der Waals surface area contributed by atoms with Crippen LogP contribution in [0.2, 0.25) is 5.15 Å². The van der Waals surface area contributed by atoms with E-state index in [4.69, 9.17) is 11.6 Å². The lowest BCUT2D eigenvalue weighted by atomic mass is 10.1. The van der Waals surface area contributed by atoms with Crippen molar-refractivity contribution >= 4 is 23.3 Å². The Labute approximate surface area is 118 Å². The molecule has 2 heterocycles. The van der Waals surface area contributed by atoms with Gasteiger partial charge in [-0.25, -0.2) is 9.78 Å². The largest absolute Gasteiger partial charge is 0.382 e. The monoisotopic (exact) mass is 282 g/mol. The SMILES string of the molecule is CN(C)C(=O)N1CCC(Nc2ccnc(Cl)c2)CC1. The Morgan fingerprint density at radius 3 is 2.74 bits per heavy atom. The zero-order valence-corrected chi connectivity index (χ0v) is 12.0. The third-order valence-corrected chi connectivity index (χ3v) is 3.45. The Bertz CT molecular complexity index is 444. The van der Waals surface area contributed by atoms with Gasteiger partial charge < -0.3 is 15.1 Å². The fourth-order valence-corrected chi connectivity index (χ4v) is 2.40. The summed E-state index contributed by atoms with van der Waals surface area (Å²) in [5, 5.41) is 3.93. The Morgan fingerprint density at radius 1 is 1.47 bits per heavy atom. The van der Waals surface area contributed by atoms with Gasteiger partial charge in [0.2, 0.25) is 0 Å². The summed E-state index contributed by atoms with van der Waals surface area (Å²) in [5.41, 5.74) is 0.984. The molecule has 0 bridgehead atoms. The Morgan fingerprint density at radius 2 is 2.16 bits per heavy atom. The van der Waals surface area contributed by atoms with Crippen LogP contribution in [-0.2, 0) is 0 Å². The highest BCUT2D eigenvalue weighted by Gasteiger charge is 2.23. The summed E-state index contributed by atoms with van der Waals surface area (Å²) in [4.78, 5) is 19.3. The van der Waals surface area contributed by atoms with Crippen LogP contribution in [0.3, 0.4) is 0 Å². The summed E-state index contributed by atoms with van der Waals surface area (Å²) < 4.78 is 0. The number of halogens is 1. The van der Waals surface area contributed by atoms with Crippen LogP contribution in [0.1, 0.15) is 12.8 Å². The molecule has 2 rings (SSSR count). The van der Waals surface area contributed by atoms with Gasteiger partial charge in [-0.3, -0.25) is 0 Å². The fraction of sp³-hybridized carbons (Fsp3) is 0.538. The summed E-state index contributed by atoms with van der Waals surface area (Å²) in [7, 11) is 3.57. The highest BCUT2D eigenvalue weighted by atomic mass is 35.5. The van der Waals surface area contributed by atoms with E-state index in [9.17, 15) is 4.79 Å². The number of rotatable bonds is 2. The summed E-state index contributed by atoms with van der Waals surface area (Å²) >= 11 is 5.85. The van der Waals surface area contributed by atoms with Gasteiger partial charge in [-0.05, 0) is 25.0 Å². The van der Waals surface area contributed by atoms with Gasteiger partial charge in [0.05, 0.1) is 0 Å². The number of anilines is 1. The first-order chi connectivity index (χ1) is 9.06. The summed E-state index contributed by atoms with van der Waals surface area (Å²) in [6.45, 7) is 1.57. The molecular formula is C13H19ClN4O. The second kappa shape index (κ2) is 6.10. The van der Waals surface area contributed by atoms with Crippen LogP contribution in [0.4, 0.5) is 10.5 Å². The van der Waals surface area contributed by atoms with Crippen molar-refractivity contribution in [3.05, 3.63) is 23.5 Å². The lowest BCUT2D eigenvalue weighted by molar-refractivity contribution is 0.158. The highest BCUT2D eigenvalue weighted by molar-refractivity contribution is 6.29. The molecule has 1 aliphatic heterocycles. The van der Waals surface area contributed by atoms with Crippen molar-refractivity contribution in [3.63, 3.8) is 0 Å². The number of carbonyl (C=O) groups is 1. The number of hydrogen-bond acceptors (Lipinski definition) is 3. The molecule has 104 valence electrons. The van der Waals surface area contributed by atoms with Gasteiger partial charge in [0.15, 0.2) is 0 Å². The first-order valence-corrected chi connectivity index (χ1v) is 6.78. The van der Waals surface area contributed by atoms with Crippen molar-refractivity contribution in [1.82, 2.24) is 14.8 Å². The van der Waals surface area contributed by atoms with Crippen LogP contribution in [0, 0.1) is 0 Å². The fourth-order valence-electron chi connectivity index (χ4n) is 2.23. The average molecular weight is 283 g/mol. The lowest BCUT2D eigenvalue weighted by Crippen LogP contribution is -2.46. The third-order valence-electron chi connectivity index (χ3n) is 3.25. The normalized spacial score (nSPS) is 16.3. The highest BCUT2D eigenvalue weighted by Crippen LogP contribution is 2.18. The van der Waals surface area contributed by atoms with Crippen LogP contribution < -0.4 is 5.32 Å². The third kappa shape index (κ3) is 3.73. The molecule has 0 aromatic carbocycles. The first-order valence-electron chi connectivity index (χ1n) is 6.40. The molecule has 6 heteroatoms. The second-order valence-electron chi connectivity index (χ2n) is 4.95. The maximum Gasteiger partial charge on any atom is 0.319 e. The molecule has 1 fully saturated rings. The summed E-state index contributed by atoms with van der Waals surface area (Å²) in [6, 6.07) is 4.19. The van der Waals surface area contributed by atoms with E-state index in [2.05, 4.69) is 10.3 Å². The molecular weight excluding hydrogens is 264 g/mol. The number of pyridine rings is 1. The standard InChI is InChI=1S/C13H19ClN4O/c1-17(2)13(19)18-7-4-10(5-8-18)16-11-3-6-15-12(14)9-11/h3,6,9-10H,4-5,7-8H2,1-2H3,(H,15,16). The predicted molar refractivity (Wildman–Crippen MR) is 76.5 cm³/mol. The maximum absolute atomic E-state index is 11.8. The number of carbonyl (C=O) groups excluding carboxylic acids is 1. The quantitative estimate of drug-likeness (QED) is 0.847. The van der Waals surface area contributed by atoms with E-state index in [0.29, 0.717) is 11.2 Å². The van der Waals surface area contributed by atoms with E-state index in [0.717, 1.165) is 31.6 Å². The number of urea groups is 1. The van der Waals surface area contributed by atoms with E-state index in [1.54, 1.807) is 25.2 Å². The van der Waals surface area contributed by atoms with Gasteiger partial charge in [0, 0.05) is 45.1 Å². The number of likely N-dealkylation sites (tertiary alicyclic amines) is 1. The van der Waals surface area contributed by atoms with Crippen molar-refractivity contribution in [2.45, 2.75) is 18.9 Å². The summed E-state index contributed by atoms with van der Waals surface area (Å²) in [6.07, 6.45) is 3.58. The van der Waals surface area contributed by atoms with E-state index in [1.807, 2.05) is 17.0 Å². The van der Waals surface area contributed by atoms with Gasteiger partial charge in [0.25, 0.3) is 0 Å². The summed E-state index contributed by atoms with van der Waals surface area (Å²) in [5.74, 6) is 0. The van der Waals surface area contributed by atoms with Crippen molar-refractivity contribution in [3.8, 4) is 0 Å². The lowest BCUT2D eigenvalue weighted by Gasteiger charge is -2.34. The number of aromatic nitrogens is 1. The Hall–Kier alpha value is -1.49. The molecule has 0 unspecified atom stereocenters. The molecule has 0 spiro atoms. The van der Waals surface area contributed by atoms with E-state index in [-0.39, 0.29) is 6.03 Å². The smallest absolute Gasteiger partial charge is 0.319 e. The minimum Gasteiger partial charge on any atom is -0.382 e. The van der Waals surface area contributed by atoms with Crippen molar-refractivity contribution in [2.75, 3.05) is 32.5 Å². The molecule has 1 N–H and O–H groups in total. The van der Waals surface area contributed by atoms with Crippen molar-refractivity contribution in [1.29, 1.82) is 0 Å². The molecule has 1 saturated heterocycles. The Balaban J connectivity index is 1.85. The molecule has 1 aliphatic rings. The van der Waals surface area contributed by atoms with Gasteiger partial charge in [-0.2, -0.15) is 0 Å². The van der Waals surface area contributed by atoms with E-state index >= 15 is 0 Å². The molecule has 0 atom stereocenters. The van der Waals surface area contributed by atoms with Gasteiger partial charge in [-0.15, -0.1) is 0 Å². The molecule has 0 aliphatic carbocycles. The van der Waals surface area contributed by atoms with E-state index < -0.39 is 0 Å². The van der Waals surface area contributed by atoms with Gasteiger partial charge in [-0.1, -0.05) is 11.6 Å². The molecule has 0 saturated carbocycles. The molecule has 1 aromatic rings. The molecule has 19 heavy (non-hydrogen) atoms. The number of nitrogens with zero attached hydrogens (tertiary/aromatic N) is 3. The maximum atomic E-state index is 11.8. The zero-order chi connectivity index (χ0) is 13.8. The number of hydrogen-bond donors (Lipinski definition) is 1. The van der Waals surface area contributed by atoms with Crippen LogP contribution in [0.5, 0.6) is 0 Å². The van der Waals surface area contributed by atoms with Crippen molar-refractivity contribution in [2.24, 2.45) is 0 Å². The van der Waals surface area contributed by atoms with Crippen molar-refractivity contribution < 1.29 is 4.79 Å².